The lowest BCUT2D eigenvalue weighted by atomic mass is 9.90. The maximum atomic E-state index is 12.8. The first-order valence-electron chi connectivity index (χ1n) is 12.1. The molecule has 8 nitrogen and oxygen atoms in total. The molecule has 2 aromatic rings. The van der Waals surface area contributed by atoms with E-state index in [-0.39, 0.29) is 17.4 Å². The van der Waals surface area contributed by atoms with Crippen LogP contribution in [0.2, 0.25) is 0 Å². The zero-order valence-electron chi connectivity index (χ0n) is 19.9. The smallest absolute Gasteiger partial charge is 0.339 e. The van der Waals surface area contributed by atoms with Crippen molar-refractivity contribution in [3.63, 3.8) is 0 Å². The van der Waals surface area contributed by atoms with Crippen molar-refractivity contribution in [2.75, 3.05) is 50.7 Å². The Hall–Kier alpha value is -2.95. The molecule has 1 atom stereocenters. The highest BCUT2D eigenvalue weighted by molar-refractivity contribution is 5.76. The number of likely N-dealkylation sites (tertiary alicyclic amines) is 1. The molecule has 1 unspecified atom stereocenters. The van der Waals surface area contributed by atoms with Crippen LogP contribution in [-0.4, -0.2) is 76.5 Å². The number of hydrogen-bond donors (Lipinski definition) is 1. The number of halogens is 3. The van der Waals surface area contributed by atoms with Gasteiger partial charge in [0.1, 0.15) is 0 Å². The van der Waals surface area contributed by atoms with Crippen molar-refractivity contribution in [3.8, 4) is 0 Å². The molecule has 190 valence electrons. The van der Waals surface area contributed by atoms with E-state index in [1.807, 2.05) is 19.2 Å². The zero-order valence-corrected chi connectivity index (χ0v) is 19.9. The lowest BCUT2D eigenvalue weighted by Gasteiger charge is -2.36. The second-order valence-corrected chi connectivity index (χ2v) is 9.17. The van der Waals surface area contributed by atoms with Gasteiger partial charge in [0, 0.05) is 69.8 Å². The van der Waals surface area contributed by atoms with Crippen LogP contribution in [0.25, 0.3) is 0 Å². The summed E-state index contributed by atoms with van der Waals surface area (Å²) in [5.74, 6) is 0.670. The van der Waals surface area contributed by atoms with Gasteiger partial charge >= 0.3 is 6.18 Å². The number of carbonyl (C=O) groups excluding carboxylic acids is 1. The molecule has 0 aliphatic carbocycles. The highest BCUT2D eigenvalue weighted by Crippen LogP contribution is 2.29. The minimum atomic E-state index is -4.46. The second kappa shape index (κ2) is 10.8. The summed E-state index contributed by atoms with van der Waals surface area (Å²) in [4.78, 5) is 41.1. The summed E-state index contributed by atoms with van der Waals surface area (Å²) in [6.07, 6.45) is 2.18. The van der Waals surface area contributed by atoms with Crippen LogP contribution in [0.4, 0.5) is 19.1 Å². The number of rotatable bonds is 6. The summed E-state index contributed by atoms with van der Waals surface area (Å²) in [6.45, 7) is 6.41. The van der Waals surface area contributed by atoms with Gasteiger partial charge in [0.15, 0.2) is 0 Å². The minimum absolute atomic E-state index is 0.0282. The molecule has 4 heterocycles. The fraction of sp³-hybridized carbons (Fsp3) is 0.583. The topological polar surface area (TPSA) is 85.4 Å². The van der Waals surface area contributed by atoms with Gasteiger partial charge in [-0.25, -0.2) is 9.97 Å². The van der Waals surface area contributed by atoms with Crippen LogP contribution >= 0.6 is 0 Å². The van der Waals surface area contributed by atoms with Crippen molar-refractivity contribution in [2.45, 2.75) is 44.7 Å². The zero-order chi connectivity index (χ0) is 25.0. The average molecular weight is 493 g/mol. The van der Waals surface area contributed by atoms with Gasteiger partial charge in [-0.1, -0.05) is 6.92 Å². The molecule has 0 bridgehead atoms. The van der Waals surface area contributed by atoms with Gasteiger partial charge in [-0.2, -0.15) is 13.2 Å². The average Bonchev–Trinajstić information content (AvgIpc) is 2.87. The molecule has 0 radical (unpaired) electrons. The number of anilines is 1. The summed E-state index contributed by atoms with van der Waals surface area (Å²) < 4.78 is 38.1. The highest BCUT2D eigenvalue weighted by atomic mass is 19.4. The van der Waals surface area contributed by atoms with Gasteiger partial charge in [0.25, 0.3) is 5.56 Å². The number of amides is 1. The Labute approximate surface area is 202 Å². The molecule has 35 heavy (non-hydrogen) atoms. The number of nitrogens with zero attached hydrogens (tertiary/aromatic N) is 5. The van der Waals surface area contributed by atoms with Crippen molar-refractivity contribution >= 4 is 11.9 Å². The molecule has 0 saturated carbocycles. The summed E-state index contributed by atoms with van der Waals surface area (Å²) in [5, 5.41) is 0. The van der Waals surface area contributed by atoms with E-state index in [1.54, 1.807) is 9.80 Å². The van der Waals surface area contributed by atoms with Crippen LogP contribution in [-0.2, 0) is 17.4 Å². The van der Waals surface area contributed by atoms with Crippen LogP contribution in [0, 0.1) is 0 Å². The van der Waals surface area contributed by atoms with E-state index >= 15 is 0 Å². The third-order valence-electron chi connectivity index (χ3n) is 6.88. The quantitative estimate of drug-likeness (QED) is 0.668. The van der Waals surface area contributed by atoms with Crippen molar-refractivity contribution in [1.82, 2.24) is 24.8 Å². The number of pyridine rings is 1. The number of piperidine rings is 1. The Bertz CT molecular complexity index is 1060. The molecule has 2 saturated heterocycles. The van der Waals surface area contributed by atoms with Crippen molar-refractivity contribution in [1.29, 1.82) is 0 Å². The van der Waals surface area contributed by atoms with E-state index in [4.69, 9.17) is 0 Å². The van der Waals surface area contributed by atoms with Crippen LogP contribution in [0.5, 0.6) is 0 Å². The number of aryl methyl sites for hydroxylation is 1. The maximum absolute atomic E-state index is 12.8. The lowest BCUT2D eigenvalue weighted by molar-refractivity contribution is -0.138. The molecule has 1 N–H and O–H groups in total. The molecule has 0 spiro atoms. The third-order valence-corrected chi connectivity index (χ3v) is 6.88. The number of aromatic amines is 1. The minimum Gasteiger partial charge on any atom is -0.339 e. The lowest BCUT2D eigenvalue weighted by Crippen LogP contribution is -2.50. The monoisotopic (exact) mass is 492 g/mol. The second-order valence-electron chi connectivity index (χ2n) is 9.17. The molecule has 1 amide bonds. The fourth-order valence-corrected chi connectivity index (χ4v) is 4.78. The van der Waals surface area contributed by atoms with Crippen molar-refractivity contribution in [3.05, 3.63) is 51.7 Å². The standard InChI is InChI=1S/C24H31F3N6O2/c1-2-17-12-19(13-28-22(17)35)18-4-3-6-31(16-18)7-5-21(34)32-8-10-33(11-9-32)23-29-14-20(15-30-23)24(25,26)27/h12-15,18H,2-11,16H2,1H3,(H,28,35). The van der Waals surface area contributed by atoms with Crippen LogP contribution in [0.3, 0.4) is 0 Å². The Kier molecular flexibility index (Phi) is 7.73. The summed E-state index contributed by atoms with van der Waals surface area (Å²) in [7, 11) is 0. The molecule has 4 rings (SSSR count). The number of piperazine rings is 1. The van der Waals surface area contributed by atoms with Crippen molar-refractivity contribution in [2.24, 2.45) is 0 Å². The van der Waals surface area contributed by atoms with Crippen molar-refractivity contribution < 1.29 is 18.0 Å². The van der Waals surface area contributed by atoms with Gasteiger partial charge in [-0.15, -0.1) is 0 Å². The fourth-order valence-electron chi connectivity index (χ4n) is 4.78. The van der Waals surface area contributed by atoms with E-state index in [9.17, 15) is 22.8 Å². The highest BCUT2D eigenvalue weighted by Gasteiger charge is 2.32. The molecule has 2 aliphatic heterocycles. The molecular formula is C24H31F3N6O2. The summed E-state index contributed by atoms with van der Waals surface area (Å²) in [5.41, 5.74) is 1.05. The maximum Gasteiger partial charge on any atom is 0.419 e. The number of aromatic nitrogens is 3. The Morgan fingerprint density at radius 2 is 1.86 bits per heavy atom. The number of hydrogen-bond acceptors (Lipinski definition) is 6. The predicted octanol–water partition coefficient (Wildman–Crippen LogP) is 2.66. The molecule has 2 aromatic heterocycles. The van der Waals surface area contributed by atoms with E-state index in [0.29, 0.717) is 51.5 Å². The van der Waals surface area contributed by atoms with Crippen LogP contribution in [0.15, 0.2) is 29.5 Å². The largest absolute Gasteiger partial charge is 0.419 e. The summed E-state index contributed by atoms with van der Waals surface area (Å²) in [6, 6.07) is 2.01. The van der Waals surface area contributed by atoms with E-state index in [0.717, 1.165) is 49.5 Å². The van der Waals surface area contributed by atoms with Gasteiger partial charge in [0.2, 0.25) is 11.9 Å². The summed E-state index contributed by atoms with van der Waals surface area (Å²) >= 11 is 0. The SMILES string of the molecule is CCc1cc(C2CCCN(CCC(=O)N3CCN(c4ncc(C(F)(F)F)cn4)CC3)C2)c[nH]c1=O. The molecular weight excluding hydrogens is 461 g/mol. The molecule has 2 fully saturated rings. The van der Waals surface area contributed by atoms with E-state index < -0.39 is 11.7 Å². The van der Waals surface area contributed by atoms with Gasteiger partial charge in [-0.05, 0) is 43.4 Å². The first kappa shape index (κ1) is 25.2. The van der Waals surface area contributed by atoms with Gasteiger partial charge in [-0.3, -0.25) is 9.59 Å². The molecule has 11 heteroatoms. The number of nitrogens with one attached hydrogen (secondary N) is 1. The number of alkyl halides is 3. The molecule has 0 aromatic carbocycles. The first-order chi connectivity index (χ1) is 16.7. The van der Waals surface area contributed by atoms with Gasteiger partial charge < -0.3 is 19.7 Å². The number of H-pyrrole nitrogens is 1. The Morgan fingerprint density at radius 1 is 1.14 bits per heavy atom. The van der Waals surface area contributed by atoms with E-state index in [2.05, 4.69) is 19.9 Å². The normalized spacial score (nSPS) is 19.7. The number of carbonyl (C=O) groups is 1. The molecule has 2 aliphatic rings. The van der Waals surface area contributed by atoms with Crippen LogP contribution in [0.1, 0.15) is 48.8 Å². The Balaban J connectivity index is 1.24. The Morgan fingerprint density at radius 3 is 2.51 bits per heavy atom. The van der Waals surface area contributed by atoms with E-state index in [1.165, 1.54) is 0 Å². The first-order valence-corrected chi connectivity index (χ1v) is 12.1. The predicted molar refractivity (Wildman–Crippen MR) is 125 cm³/mol. The van der Waals surface area contributed by atoms with Gasteiger partial charge in [0.05, 0.1) is 5.56 Å². The third kappa shape index (κ3) is 6.19. The van der Waals surface area contributed by atoms with Crippen LogP contribution < -0.4 is 10.5 Å².